The summed E-state index contributed by atoms with van der Waals surface area (Å²) in [6.45, 7) is 9.89. The minimum atomic E-state index is -2.09. The normalized spacial score (nSPS) is 22.9. The largest absolute Gasteiger partial charge is 0.480 e. The highest BCUT2D eigenvalue weighted by Crippen LogP contribution is 2.30. The summed E-state index contributed by atoms with van der Waals surface area (Å²) in [7, 11) is 4.60. The molecule has 0 saturated carbocycles. The monoisotopic (exact) mass is 733 g/mol. The van der Waals surface area contributed by atoms with Crippen molar-refractivity contribution in [3.63, 3.8) is 0 Å². The van der Waals surface area contributed by atoms with Crippen molar-refractivity contribution in [2.75, 3.05) is 40.9 Å². The summed E-state index contributed by atoms with van der Waals surface area (Å²) in [6, 6.07) is 5.90. The molecule has 14 heteroatoms. The van der Waals surface area contributed by atoms with E-state index in [4.69, 9.17) is 9.47 Å². The van der Waals surface area contributed by atoms with E-state index in [0.29, 0.717) is 32.4 Å². The Kier molecular flexibility index (Phi) is 16.0. The number of nitrogens with zero attached hydrogens (tertiary/aromatic N) is 2. The van der Waals surface area contributed by atoms with Crippen molar-refractivity contribution < 1.29 is 42.9 Å². The van der Waals surface area contributed by atoms with Crippen LogP contribution in [0, 0.1) is 17.8 Å². The third-order valence-corrected chi connectivity index (χ3v) is 10.9. The van der Waals surface area contributed by atoms with E-state index in [1.165, 1.54) is 19.1 Å². The molecule has 4 N–H and O–H groups in total. The number of carboxylic acid groups (broad SMARTS) is 1. The highest BCUT2D eigenvalue weighted by atomic mass is 19.1. The number of methoxy groups -OCH3 is 2. The van der Waals surface area contributed by atoms with Gasteiger partial charge in [0.15, 0.2) is 0 Å². The lowest BCUT2D eigenvalue weighted by Crippen LogP contribution is -2.59. The predicted octanol–water partition coefficient (Wildman–Crippen LogP) is 2.56. The number of carbonyl (C=O) groups excluding carboxylic acids is 4. The first-order valence-electron chi connectivity index (χ1n) is 18.5. The Labute approximate surface area is 307 Å². The Hall–Kier alpha value is -3.62. The molecule has 292 valence electrons. The van der Waals surface area contributed by atoms with Gasteiger partial charge in [0.2, 0.25) is 23.4 Å². The van der Waals surface area contributed by atoms with Crippen LogP contribution in [0.3, 0.4) is 0 Å². The molecule has 2 fully saturated rings. The van der Waals surface area contributed by atoms with Crippen LogP contribution in [0.1, 0.15) is 72.3 Å². The molecule has 1 aromatic rings. The summed E-state index contributed by atoms with van der Waals surface area (Å²) in [5.41, 5.74) is -1.32. The molecule has 0 bridgehead atoms. The number of amides is 4. The number of aliphatic carboxylic acids is 1. The molecule has 3 rings (SSSR count). The van der Waals surface area contributed by atoms with E-state index in [0.717, 1.165) is 5.56 Å². The van der Waals surface area contributed by atoms with Crippen LogP contribution in [0.2, 0.25) is 0 Å². The topological polar surface area (TPSA) is 167 Å². The van der Waals surface area contributed by atoms with Gasteiger partial charge in [-0.15, -0.1) is 0 Å². The summed E-state index contributed by atoms with van der Waals surface area (Å²) in [5, 5.41) is 18.0. The Morgan fingerprint density at radius 1 is 1.08 bits per heavy atom. The van der Waals surface area contributed by atoms with E-state index in [9.17, 15) is 29.1 Å². The fourth-order valence-corrected chi connectivity index (χ4v) is 7.52. The molecular formula is C38H60FN5O8. The third kappa shape index (κ3) is 10.5. The second-order valence-corrected chi connectivity index (χ2v) is 14.8. The number of rotatable bonds is 19. The van der Waals surface area contributed by atoms with Crippen LogP contribution in [-0.4, -0.2) is 127 Å². The molecule has 0 radical (unpaired) electrons. The van der Waals surface area contributed by atoms with E-state index in [-0.39, 0.29) is 43.6 Å². The fraction of sp³-hybridized carbons (Fsp3) is 0.711. The second-order valence-electron chi connectivity index (χ2n) is 14.8. The lowest BCUT2D eigenvalue weighted by Gasteiger charge is -2.41. The van der Waals surface area contributed by atoms with E-state index in [2.05, 4.69) is 16.0 Å². The molecule has 0 aromatic heterocycles. The van der Waals surface area contributed by atoms with E-state index in [1.807, 2.05) is 19.9 Å². The Morgan fingerprint density at radius 2 is 1.75 bits per heavy atom. The molecule has 1 aromatic carbocycles. The number of alkyl halides is 1. The number of benzene rings is 1. The van der Waals surface area contributed by atoms with E-state index in [1.54, 1.807) is 57.0 Å². The fourth-order valence-electron chi connectivity index (χ4n) is 7.52. The average molecular weight is 734 g/mol. The minimum absolute atomic E-state index is 0.0268. The van der Waals surface area contributed by atoms with Gasteiger partial charge in [-0.3, -0.25) is 19.2 Å². The first-order valence-corrected chi connectivity index (χ1v) is 18.5. The minimum Gasteiger partial charge on any atom is -0.480 e. The van der Waals surface area contributed by atoms with Gasteiger partial charge in [-0.1, -0.05) is 71.4 Å². The summed E-state index contributed by atoms with van der Waals surface area (Å²) >= 11 is 0. The second kappa shape index (κ2) is 19.5. The molecule has 13 nitrogen and oxygen atoms in total. The van der Waals surface area contributed by atoms with Crippen molar-refractivity contribution in [1.82, 2.24) is 25.8 Å². The maximum Gasteiger partial charge on any atom is 0.326 e. The van der Waals surface area contributed by atoms with Gasteiger partial charge in [0.05, 0.1) is 36.6 Å². The standard InChI is InChI=1S/C38H60FN5O8/c1-9-24(4)32(43(6)35(47)31(23(2)3)42-37(50)38(39)17-18-40-22-38)29(51-7)21-30(45)44-19-13-16-28(44)33(52-8)25(5)34(46)41-27(36(48)49)20-26-14-11-10-12-15-26/h10-12,14-15,23-25,27-29,31-33,40H,9,13,16-22H2,1-8H3,(H,41,46)(H,42,50)(H,48,49)/t24-,25+,27-,28-,29+,31-,32-,33?,38?/m0/s1. The summed E-state index contributed by atoms with van der Waals surface area (Å²) in [6.07, 6.45) is 0.585. The average Bonchev–Trinajstić information content (AvgIpc) is 3.80. The van der Waals surface area contributed by atoms with Gasteiger partial charge in [0, 0.05) is 47.2 Å². The molecule has 2 unspecified atom stereocenters. The van der Waals surface area contributed by atoms with Crippen LogP contribution in [-0.2, 0) is 39.9 Å². The maximum atomic E-state index is 15.3. The molecular weight excluding hydrogens is 673 g/mol. The number of carboxylic acids is 1. The maximum absolute atomic E-state index is 15.3. The van der Waals surface area contributed by atoms with Crippen molar-refractivity contribution in [1.29, 1.82) is 0 Å². The zero-order valence-electron chi connectivity index (χ0n) is 32.0. The van der Waals surface area contributed by atoms with E-state index >= 15 is 4.39 Å². The van der Waals surface area contributed by atoms with Gasteiger partial charge >= 0.3 is 5.97 Å². The number of likely N-dealkylation sites (tertiary alicyclic amines) is 1. The molecule has 2 aliphatic heterocycles. The third-order valence-electron chi connectivity index (χ3n) is 10.9. The van der Waals surface area contributed by atoms with Gasteiger partial charge in [-0.2, -0.15) is 0 Å². The molecule has 2 saturated heterocycles. The molecule has 52 heavy (non-hydrogen) atoms. The first kappa shape index (κ1) is 42.8. The number of carbonyl (C=O) groups is 5. The summed E-state index contributed by atoms with van der Waals surface area (Å²) in [5.74, 6) is -4.31. The smallest absolute Gasteiger partial charge is 0.326 e. The Morgan fingerprint density at radius 3 is 2.29 bits per heavy atom. The number of halogens is 1. The van der Waals surface area contributed by atoms with Gasteiger partial charge in [0.25, 0.3) is 5.91 Å². The summed E-state index contributed by atoms with van der Waals surface area (Å²) in [4.78, 5) is 69.8. The lowest BCUT2D eigenvalue weighted by atomic mass is 9.89. The molecule has 0 spiro atoms. The molecule has 2 aliphatic rings. The number of nitrogens with one attached hydrogen (secondary N) is 3. The molecule has 4 amide bonds. The quantitative estimate of drug-likeness (QED) is 0.167. The van der Waals surface area contributed by atoms with Gasteiger partial charge in [-0.05, 0) is 36.8 Å². The Bertz CT molecular complexity index is 1360. The Balaban J connectivity index is 1.76. The van der Waals surface area contributed by atoms with Crippen LogP contribution < -0.4 is 16.0 Å². The number of likely N-dealkylation sites (N-methyl/N-ethyl adjacent to an activating group) is 1. The van der Waals surface area contributed by atoms with Crippen molar-refractivity contribution in [3.8, 4) is 0 Å². The van der Waals surface area contributed by atoms with Gasteiger partial charge < -0.3 is 40.3 Å². The zero-order valence-corrected chi connectivity index (χ0v) is 32.0. The van der Waals surface area contributed by atoms with Crippen molar-refractivity contribution in [3.05, 3.63) is 35.9 Å². The van der Waals surface area contributed by atoms with Gasteiger partial charge in [-0.25, -0.2) is 9.18 Å². The van der Waals surface area contributed by atoms with Crippen LogP contribution >= 0.6 is 0 Å². The zero-order chi connectivity index (χ0) is 38.7. The lowest BCUT2D eigenvalue weighted by molar-refractivity contribution is -0.148. The predicted molar refractivity (Wildman–Crippen MR) is 194 cm³/mol. The SMILES string of the molecule is CC[C@H](C)[C@@H]([C@@H](CC(=O)N1CCC[C@H]1C(OC)[C@@H](C)C(=O)N[C@@H](Cc1ccccc1)C(=O)O)OC)N(C)C(=O)[C@@H](NC(=O)C1(F)CCNC1)C(C)C. The summed E-state index contributed by atoms with van der Waals surface area (Å²) < 4.78 is 27.0. The molecule has 2 heterocycles. The van der Waals surface area contributed by atoms with Crippen LogP contribution in [0.4, 0.5) is 4.39 Å². The van der Waals surface area contributed by atoms with Crippen molar-refractivity contribution in [2.24, 2.45) is 17.8 Å². The number of hydrogen-bond acceptors (Lipinski definition) is 8. The number of ether oxygens (including phenoxy) is 2. The van der Waals surface area contributed by atoms with Crippen LogP contribution in [0.25, 0.3) is 0 Å². The van der Waals surface area contributed by atoms with E-state index < -0.39 is 71.7 Å². The van der Waals surface area contributed by atoms with Crippen LogP contribution in [0.15, 0.2) is 30.3 Å². The van der Waals surface area contributed by atoms with Crippen LogP contribution in [0.5, 0.6) is 0 Å². The van der Waals surface area contributed by atoms with Gasteiger partial charge in [0.1, 0.15) is 12.1 Å². The van der Waals surface area contributed by atoms with Crippen molar-refractivity contribution >= 4 is 29.6 Å². The highest BCUT2D eigenvalue weighted by molar-refractivity contribution is 5.92. The van der Waals surface area contributed by atoms with Crippen molar-refractivity contribution in [2.45, 2.75) is 115 Å². The first-order chi connectivity index (χ1) is 24.6. The highest BCUT2D eigenvalue weighted by Gasteiger charge is 2.46. The molecule has 0 aliphatic carbocycles. The molecule has 9 atom stereocenters. The number of hydrogen-bond donors (Lipinski definition) is 4.